The van der Waals surface area contributed by atoms with Crippen LogP contribution in [0.2, 0.25) is 0 Å². The van der Waals surface area contributed by atoms with Crippen molar-refractivity contribution in [2.75, 3.05) is 11.9 Å². The molecule has 0 unspecified atom stereocenters. The van der Waals surface area contributed by atoms with Gasteiger partial charge in [0.2, 0.25) is 5.91 Å². The molecule has 0 aliphatic heterocycles. The third-order valence-electron chi connectivity index (χ3n) is 5.75. The summed E-state index contributed by atoms with van der Waals surface area (Å²) in [5.41, 5.74) is 3.59. The number of ether oxygens (including phenoxy) is 2. The number of anilines is 1. The Balaban J connectivity index is 1.41. The molecule has 0 saturated heterocycles. The van der Waals surface area contributed by atoms with Crippen LogP contribution in [0.5, 0.6) is 11.5 Å². The van der Waals surface area contributed by atoms with E-state index in [-0.39, 0.29) is 11.0 Å². The number of hydrogen-bond acceptors (Lipinski definition) is 4. The fourth-order valence-electron chi connectivity index (χ4n) is 3.48. The van der Waals surface area contributed by atoms with E-state index in [0.717, 1.165) is 34.7 Å². The van der Waals surface area contributed by atoms with Crippen molar-refractivity contribution in [3.63, 3.8) is 0 Å². The Labute approximate surface area is 213 Å². The van der Waals surface area contributed by atoms with Gasteiger partial charge in [0.05, 0.1) is 6.61 Å². The predicted molar refractivity (Wildman–Crippen MR) is 146 cm³/mol. The van der Waals surface area contributed by atoms with Crippen LogP contribution in [0, 0.1) is 19.3 Å². The van der Waals surface area contributed by atoms with Crippen LogP contribution in [-0.2, 0) is 11.4 Å². The highest BCUT2D eigenvalue weighted by Crippen LogP contribution is 2.24. The smallest absolute Gasteiger partial charge is 0.231 e. The minimum absolute atomic E-state index is 0.121. The predicted octanol–water partition coefficient (Wildman–Crippen LogP) is 6.58. The van der Waals surface area contributed by atoms with E-state index in [1.54, 1.807) is 0 Å². The number of rotatable bonds is 10. The first kappa shape index (κ1) is 26.2. The Kier molecular flexibility index (Phi) is 9.26. The largest absolute Gasteiger partial charge is 0.493 e. The van der Waals surface area contributed by atoms with Crippen LogP contribution in [0.1, 0.15) is 43.4 Å². The summed E-state index contributed by atoms with van der Waals surface area (Å²) in [6.07, 6.45) is 1.44. The molecule has 0 saturated carbocycles. The maximum absolute atomic E-state index is 12.8. The number of carbonyl (C=O) groups excluding carboxylic acids is 1. The van der Waals surface area contributed by atoms with Crippen LogP contribution in [0.3, 0.4) is 0 Å². The summed E-state index contributed by atoms with van der Waals surface area (Å²) in [5.74, 6) is 1.54. The van der Waals surface area contributed by atoms with E-state index in [1.807, 2.05) is 88.4 Å². The minimum Gasteiger partial charge on any atom is -0.493 e. The van der Waals surface area contributed by atoms with E-state index in [1.165, 1.54) is 5.56 Å². The lowest BCUT2D eigenvalue weighted by Gasteiger charge is -2.24. The Morgan fingerprint density at radius 2 is 1.66 bits per heavy atom. The summed E-state index contributed by atoms with van der Waals surface area (Å²) in [6, 6.07) is 23.7. The van der Waals surface area contributed by atoms with Crippen molar-refractivity contribution in [2.24, 2.45) is 5.41 Å². The number of amides is 1. The van der Waals surface area contributed by atoms with Crippen molar-refractivity contribution in [3.05, 3.63) is 89.5 Å². The molecular formula is C29H34N2O3S. The average Bonchev–Trinajstić information content (AvgIpc) is 2.84. The number of thiocarbonyl (C=S) groups is 1. The Morgan fingerprint density at radius 1 is 0.943 bits per heavy atom. The molecule has 35 heavy (non-hydrogen) atoms. The van der Waals surface area contributed by atoms with E-state index in [0.29, 0.717) is 19.6 Å². The molecule has 3 rings (SSSR count). The summed E-state index contributed by atoms with van der Waals surface area (Å²) in [7, 11) is 0. The van der Waals surface area contributed by atoms with E-state index < -0.39 is 5.41 Å². The van der Waals surface area contributed by atoms with Gasteiger partial charge < -0.3 is 20.1 Å². The van der Waals surface area contributed by atoms with Crippen LogP contribution >= 0.6 is 12.2 Å². The van der Waals surface area contributed by atoms with E-state index >= 15 is 0 Å². The maximum atomic E-state index is 12.8. The molecule has 6 heteroatoms. The molecule has 0 aliphatic rings. The van der Waals surface area contributed by atoms with Crippen LogP contribution in [0.15, 0.2) is 72.8 Å². The van der Waals surface area contributed by atoms with Gasteiger partial charge in [0.1, 0.15) is 18.1 Å². The molecule has 3 aromatic carbocycles. The minimum atomic E-state index is -0.577. The molecule has 184 valence electrons. The third-order valence-corrected chi connectivity index (χ3v) is 5.95. The highest BCUT2D eigenvalue weighted by Gasteiger charge is 2.27. The molecule has 0 spiro atoms. The lowest BCUT2D eigenvalue weighted by Crippen LogP contribution is -2.42. The van der Waals surface area contributed by atoms with Gasteiger partial charge in [-0.25, -0.2) is 0 Å². The monoisotopic (exact) mass is 490 g/mol. The molecule has 2 N–H and O–H groups in total. The maximum Gasteiger partial charge on any atom is 0.231 e. The van der Waals surface area contributed by atoms with Crippen LogP contribution in [0.4, 0.5) is 5.69 Å². The van der Waals surface area contributed by atoms with Gasteiger partial charge in [-0.3, -0.25) is 4.79 Å². The summed E-state index contributed by atoms with van der Waals surface area (Å²) in [4.78, 5) is 12.8. The normalized spacial score (nSPS) is 11.0. The highest BCUT2D eigenvalue weighted by atomic mass is 32.1. The van der Waals surface area contributed by atoms with Crippen molar-refractivity contribution >= 4 is 28.9 Å². The first-order chi connectivity index (χ1) is 16.7. The van der Waals surface area contributed by atoms with E-state index in [2.05, 4.69) is 22.8 Å². The standard InChI is InChI=1S/C29H34N2O3S/c1-21-11-12-22(2)26(19-21)33-18-8-17-29(3,4)27(32)31-28(35)30-24-13-15-25(16-14-24)34-20-23-9-6-5-7-10-23/h5-7,9-16,19H,8,17-18,20H2,1-4H3,(H2,30,31,32,35). The molecule has 3 aromatic rings. The zero-order valence-electron chi connectivity index (χ0n) is 20.9. The second-order valence-corrected chi connectivity index (χ2v) is 9.72. The van der Waals surface area contributed by atoms with Crippen LogP contribution < -0.4 is 20.1 Å². The fraction of sp³-hybridized carbons (Fsp3) is 0.310. The summed E-state index contributed by atoms with van der Waals surface area (Å²) >= 11 is 5.36. The van der Waals surface area contributed by atoms with E-state index in [9.17, 15) is 4.79 Å². The second-order valence-electron chi connectivity index (χ2n) is 9.31. The van der Waals surface area contributed by atoms with Gasteiger partial charge >= 0.3 is 0 Å². The van der Waals surface area contributed by atoms with Gasteiger partial charge in [0.25, 0.3) is 0 Å². The van der Waals surface area contributed by atoms with Gasteiger partial charge in [-0.05, 0) is 85.9 Å². The quantitative estimate of drug-likeness (QED) is 0.248. The first-order valence-corrected chi connectivity index (χ1v) is 12.2. The summed E-state index contributed by atoms with van der Waals surface area (Å²) in [6.45, 7) is 8.98. The Morgan fingerprint density at radius 3 is 2.37 bits per heavy atom. The van der Waals surface area contributed by atoms with Crippen molar-refractivity contribution in [1.82, 2.24) is 5.32 Å². The molecule has 0 atom stereocenters. The van der Waals surface area contributed by atoms with Gasteiger partial charge in [0.15, 0.2) is 5.11 Å². The van der Waals surface area contributed by atoms with Gasteiger partial charge in [0, 0.05) is 11.1 Å². The molecule has 0 aromatic heterocycles. The average molecular weight is 491 g/mol. The topological polar surface area (TPSA) is 59.6 Å². The van der Waals surface area contributed by atoms with Crippen molar-refractivity contribution < 1.29 is 14.3 Å². The van der Waals surface area contributed by atoms with Crippen LogP contribution in [-0.4, -0.2) is 17.6 Å². The highest BCUT2D eigenvalue weighted by molar-refractivity contribution is 7.80. The van der Waals surface area contributed by atoms with Crippen molar-refractivity contribution in [2.45, 2.75) is 47.1 Å². The lowest BCUT2D eigenvalue weighted by molar-refractivity contribution is -0.128. The molecule has 5 nitrogen and oxygen atoms in total. The molecule has 0 bridgehead atoms. The van der Waals surface area contributed by atoms with Crippen molar-refractivity contribution in [1.29, 1.82) is 0 Å². The Hall–Kier alpha value is -3.38. The number of nitrogens with one attached hydrogen (secondary N) is 2. The number of hydrogen-bond donors (Lipinski definition) is 2. The SMILES string of the molecule is Cc1ccc(C)c(OCCCC(C)(C)C(=O)NC(=S)Nc2ccc(OCc3ccccc3)cc2)c1. The third kappa shape index (κ3) is 8.41. The van der Waals surface area contributed by atoms with Gasteiger partial charge in [-0.1, -0.05) is 56.3 Å². The van der Waals surface area contributed by atoms with E-state index in [4.69, 9.17) is 21.7 Å². The summed E-state index contributed by atoms with van der Waals surface area (Å²) < 4.78 is 11.7. The number of aryl methyl sites for hydroxylation is 2. The zero-order valence-corrected chi connectivity index (χ0v) is 21.7. The Bertz CT molecular complexity index is 1130. The fourth-order valence-corrected chi connectivity index (χ4v) is 3.69. The van der Waals surface area contributed by atoms with Crippen LogP contribution in [0.25, 0.3) is 0 Å². The summed E-state index contributed by atoms with van der Waals surface area (Å²) in [5, 5.41) is 6.15. The van der Waals surface area contributed by atoms with Gasteiger partial charge in [-0.15, -0.1) is 0 Å². The van der Waals surface area contributed by atoms with Crippen molar-refractivity contribution in [3.8, 4) is 11.5 Å². The number of benzene rings is 3. The van der Waals surface area contributed by atoms with Gasteiger partial charge in [-0.2, -0.15) is 0 Å². The molecule has 0 heterocycles. The zero-order chi connectivity index (χ0) is 25.3. The molecule has 0 fully saturated rings. The first-order valence-electron chi connectivity index (χ1n) is 11.8. The number of carbonyl (C=O) groups is 1. The molecular weight excluding hydrogens is 456 g/mol. The lowest BCUT2D eigenvalue weighted by atomic mass is 9.87. The molecule has 0 aliphatic carbocycles. The molecule has 1 amide bonds. The molecule has 0 radical (unpaired) electrons. The second kappa shape index (κ2) is 12.4.